The Morgan fingerprint density at radius 3 is 2.65 bits per heavy atom. The fourth-order valence-electron chi connectivity index (χ4n) is 2.54. The van der Waals surface area contributed by atoms with Gasteiger partial charge in [-0.1, -0.05) is 30.3 Å². The summed E-state index contributed by atoms with van der Waals surface area (Å²) in [5, 5.41) is 0. The van der Waals surface area contributed by atoms with Gasteiger partial charge in [0.2, 0.25) is 0 Å². The van der Waals surface area contributed by atoms with Crippen LogP contribution in [0.1, 0.15) is 22.7 Å². The second-order valence-corrected chi connectivity index (χ2v) is 5.55. The number of hydrogen-bond acceptors (Lipinski definition) is 4. The van der Waals surface area contributed by atoms with Gasteiger partial charge in [0.1, 0.15) is 12.6 Å². The number of rotatable bonds is 3. The summed E-state index contributed by atoms with van der Waals surface area (Å²) in [4.78, 5) is 28.7. The van der Waals surface area contributed by atoms with Gasteiger partial charge in [-0.2, -0.15) is 13.2 Å². The van der Waals surface area contributed by atoms with Crippen LogP contribution in [0.5, 0.6) is 0 Å². The topological polar surface area (TPSA) is 59.5 Å². The highest BCUT2D eigenvalue weighted by molar-refractivity contribution is 6.02. The van der Waals surface area contributed by atoms with E-state index in [0.717, 1.165) is 22.6 Å². The smallest absolute Gasteiger partial charge is 0.417 e. The van der Waals surface area contributed by atoms with Gasteiger partial charge >= 0.3 is 12.3 Å². The first kappa shape index (κ1) is 17.7. The molecule has 0 bridgehead atoms. The zero-order valence-electron chi connectivity index (χ0n) is 13.3. The first-order valence-corrected chi connectivity index (χ1v) is 7.61. The van der Waals surface area contributed by atoms with E-state index in [4.69, 9.17) is 4.74 Å². The van der Waals surface area contributed by atoms with Crippen LogP contribution in [0, 0.1) is 0 Å². The third-order valence-electron chi connectivity index (χ3n) is 3.80. The molecule has 0 aliphatic carbocycles. The third-order valence-corrected chi connectivity index (χ3v) is 3.80. The van der Waals surface area contributed by atoms with E-state index >= 15 is 0 Å². The number of hydrogen-bond donors (Lipinski definition) is 0. The lowest BCUT2D eigenvalue weighted by Crippen LogP contribution is -2.32. The van der Waals surface area contributed by atoms with Crippen molar-refractivity contribution < 1.29 is 27.5 Å². The molecule has 2 heterocycles. The maximum atomic E-state index is 12.7. The Labute approximate surface area is 146 Å². The maximum absolute atomic E-state index is 12.7. The molecule has 0 radical (unpaired) electrons. The lowest BCUT2D eigenvalue weighted by molar-refractivity contribution is -0.137. The molecule has 26 heavy (non-hydrogen) atoms. The predicted octanol–water partition coefficient (Wildman–Crippen LogP) is 3.83. The van der Waals surface area contributed by atoms with Crippen molar-refractivity contribution in [3.8, 4) is 0 Å². The van der Waals surface area contributed by atoms with Gasteiger partial charge in [-0.05, 0) is 23.3 Å². The van der Waals surface area contributed by atoms with Crippen molar-refractivity contribution in [2.24, 2.45) is 0 Å². The molecule has 0 saturated carbocycles. The Balaban J connectivity index is 1.80. The largest absolute Gasteiger partial charge is 0.446 e. The molecule has 1 fully saturated rings. The average molecular weight is 362 g/mol. The lowest BCUT2D eigenvalue weighted by atomic mass is 10.1. The Morgan fingerprint density at radius 2 is 1.96 bits per heavy atom. The molecule has 134 valence electrons. The number of benzene rings is 1. The van der Waals surface area contributed by atoms with E-state index in [2.05, 4.69) is 4.98 Å². The summed E-state index contributed by atoms with van der Waals surface area (Å²) in [5.41, 5.74) is -0.104. The number of ether oxygens (including phenoxy) is 1. The number of imide groups is 1. The summed E-state index contributed by atoms with van der Waals surface area (Å²) >= 11 is 0. The molecule has 3 rings (SSSR count). The molecule has 1 aromatic heterocycles. The number of alkyl halides is 3. The molecule has 8 heteroatoms. The Kier molecular flexibility index (Phi) is 4.75. The van der Waals surface area contributed by atoms with E-state index < -0.39 is 29.8 Å². The number of amides is 2. The first-order chi connectivity index (χ1) is 12.4. The lowest BCUT2D eigenvalue weighted by Gasteiger charge is -2.18. The van der Waals surface area contributed by atoms with Crippen LogP contribution in [-0.2, 0) is 15.7 Å². The monoisotopic (exact) mass is 362 g/mol. The average Bonchev–Trinajstić information content (AvgIpc) is 3.01. The summed E-state index contributed by atoms with van der Waals surface area (Å²) < 4.78 is 43.0. The zero-order chi connectivity index (χ0) is 18.7. The number of halogens is 3. The molecule has 1 aliphatic rings. The second kappa shape index (κ2) is 6.99. The molecular formula is C18H13F3N2O3. The summed E-state index contributed by atoms with van der Waals surface area (Å²) in [7, 11) is 0. The van der Waals surface area contributed by atoms with Crippen LogP contribution in [-0.4, -0.2) is 28.5 Å². The molecule has 0 spiro atoms. The number of cyclic esters (lactones) is 1. The van der Waals surface area contributed by atoms with Gasteiger partial charge in [-0.25, -0.2) is 9.69 Å². The SMILES string of the molecule is O=C(/C=C/c1cncc(C(F)(F)F)c1)N1C(=O)OC[C@H]1c1ccccc1. The van der Waals surface area contributed by atoms with E-state index in [1.54, 1.807) is 30.3 Å². The van der Waals surface area contributed by atoms with E-state index in [9.17, 15) is 22.8 Å². The highest BCUT2D eigenvalue weighted by Crippen LogP contribution is 2.30. The van der Waals surface area contributed by atoms with Crippen molar-refractivity contribution in [1.82, 2.24) is 9.88 Å². The first-order valence-electron chi connectivity index (χ1n) is 7.61. The zero-order valence-corrected chi connectivity index (χ0v) is 13.3. The van der Waals surface area contributed by atoms with Crippen LogP contribution in [0.25, 0.3) is 6.08 Å². The summed E-state index contributed by atoms with van der Waals surface area (Å²) in [6, 6.07) is 9.14. The minimum absolute atomic E-state index is 0.0214. The van der Waals surface area contributed by atoms with Crippen molar-refractivity contribution in [1.29, 1.82) is 0 Å². The Hall–Kier alpha value is -3.16. The fourth-order valence-corrected chi connectivity index (χ4v) is 2.54. The third kappa shape index (κ3) is 3.74. The van der Waals surface area contributed by atoms with Crippen LogP contribution in [0.2, 0.25) is 0 Å². The summed E-state index contributed by atoms with van der Waals surface area (Å²) in [6.07, 6.45) is -1.23. The molecule has 0 N–H and O–H groups in total. The Morgan fingerprint density at radius 1 is 1.23 bits per heavy atom. The fraction of sp³-hybridized carbons (Fsp3) is 0.167. The molecule has 1 aliphatic heterocycles. The molecule has 0 unspecified atom stereocenters. The van der Waals surface area contributed by atoms with E-state index in [-0.39, 0.29) is 12.2 Å². The predicted molar refractivity (Wildman–Crippen MR) is 85.7 cm³/mol. The summed E-state index contributed by atoms with van der Waals surface area (Å²) in [5.74, 6) is -0.682. The van der Waals surface area contributed by atoms with Crippen LogP contribution in [0.4, 0.5) is 18.0 Å². The highest BCUT2D eigenvalue weighted by atomic mass is 19.4. The van der Waals surface area contributed by atoms with Gasteiger partial charge in [0.25, 0.3) is 5.91 Å². The van der Waals surface area contributed by atoms with Crippen molar-refractivity contribution in [3.63, 3.8) is 0 Å². The molecule has 1 aromatic carbocycles. The number of carbonyl (C=O) groups excluding carboxylic acids is 2. The Bertz CT molecular complexity index is 850. The molecular weight excluding hydrogens is 349 g/mol. The van der Waals surface area contributed by atoms with Crippen LogP contribution in [0.3, 0.4) is 0 Å². The van der Waals surface area contributed by atoms with Gasteiger partial charge in [-0.3, -0.25) is 9.78 Å². The quantitative estimate of drug-likeness (QED) is 0.779. The highest BCUT2D eigenvalue weighted by Gasteiger charge is 2.37. The molecule has 1 atom stereocenters. The molecule has 1 saturated heterocycles. The van der Waals surface area contributed by atoms with Crippen LogP contribution < -0.4 is 0 Å². The van der Waals surface area contributed by atoms with Gasteiger partial charge in [0.05, 0.1) is 5.56 Å². The minimum Gasteiger partial charge on any atom is -0.446 e. The normalized spacial score (nSPS) is 17.6. The second-order valence-electron chi connectivity index (χ2n) is 5.55. The van der Waals surface area contributed by atoms with E-state index in [0.29, 0.717) is 6.20 Å². The minimum atomic E-state index is -4.53. The maximum Gasteiger partial charge on any atom is 0.417 e. The van der Waals surface area contributed by atoms with Crippen LogP contribution in [0.15, 0.2) is 54.9 Å². The number of nitrogens with zero attached hydrogens (tertiary/aromatic N) is 2. The van der Waals surface area contributed by atoms with Crippen LogP contribution >= 0.6 is 0 Å². The van der Waals surface area contributed by atoms with E-state index in [1.165, 1.54) is 12.3 Å². The van der Waals surface area contributed by atoms with E-state index in [1.807, 2.05) is 0 Å². The van der Waals surface area contributed by atoms with Crippen molar-refractivity contribution in [2.45, 2.75) is 12.2 Å². The van der Waals surface area contributed by atoms with Gasteiger partial charge in [0.15, 0.2) is 0 Å². The van der Waals surface area contributed by atoms with Gasteiger partial charge in [0, 0.05) is 18.5 Å². The molecule has 5 nitrogen and oxygen atoms in total. The molecule has 2 aromatic rings. The van der Waals surface area contributed by atoms with Crippen molar-refractivity contribution in [2.75, 3.05) is 6.61 Å². The number of aromatic nitrogens is 1. The standard InChI is InChI=1S/C18H13F3N2O3/c19-18(20,21)14-8-12(9-22-10-14)6-7-16(24)23-15(11-26-17(23)25)13-4-2-1-3-5-13/h1-10,15H,11H2/b7-6+/t15-/m0/s1. The number of pyridine rings is 1. The number of carbonyl (C=O) groups is 2. The van der Waals surface area contributed by atoms with Crippen molar-refractivity contribution in [3.05, 3.63) is 71.6 Å². The van der Waals surface area contributed by atoms with Crippen molar-refractivity contribution >= 4 is 18.1 Å². The molecule has 2 amide bonds. The van der Waals surface area contributed by atoms with Gasteiger partial charge < -0.3 is 4.74 Å². The summed E-state index contributed by atoms with van der Waals surface area (Å²) in [6.45, 7) is 0.0214. The van der Waals surface area contributed by atoms with Gasteiger partial charge in [-0.15, -0.1) is 0 Å².